The Morgan fingerprint density at radius 1 is 0.280 bits per heavy atom. The summed E-state index contributed by atoms with van der Waals surface area (Å²) in [5, 5.41) is 40.1. The fourth-order valence-corrected chi connectivity index (χ4v) is 4.91. The first-order valence-electron chi connectivity index (χ1n) is 19.9. The average molecular weight is 719 g/mol. The van der Waals surface area contributed by atoms with Gasteiger partial charge in [0.15, 0.2) is 0 Å². The normalized spacial score (nSPS) is 9.68. The molecular formula is C40H76BNaO8. The minimum absolute atomic E-state index is 0. The topological polar surface area (TPSA) is 161 Å². The Morgan fingerprint density at radius 3 is 0.520 bits per heavy atom. The van der Waals surface area contributed by atoms with E-state index in [-0.39, 0.29) is 63.7 Å². The summed E-state index contributed by atoms with van der Waals surface area (Å²) in [5.41, 5.74) is 0. The molecule has 0 rings (SSSR count). The molecule has 0 aromatic rings. The number of carbonyl (C=O) groups excluding carboxylic acids is 4. The Hall–Kier alpha value is -1.06. The first-order valence-corrected chi connectivity index (χ1v) is 19.9. The molecule has 0 bridgehead atoms. The molecule has 0 saturated heterocycles. The summed E-state index contributed by atoms with van der Waals surface area (Å²) >= 11 is 0. The molecule has 0 amide bonds. The molecule has 8 nitrogen and oxygen atoms in total. The molecular weight excluding hydrogens is 642 g/mol. The minimum Gasteiger partial charge on any atom is -0.550 e. The molecule has 0 spiro atoms. The third kappa shape index (κ3) is 81.2. The van der Waals surface area contributed by atoms with Crippen LogP contribution in [0.15, 0.2) is 0 Å². The van der Waals surface area contributed by atoms with Gasteiger partial charge in [0.1, 0.15) is 0 Å². The molecule has 0 fully saturated rings. The van der Waals surface area contributed by atoms with Gasteiger partial charge in [-0.3, -0.25) is 0 Å². The number of hydrogen-bond acceptors (Lipinski definition) is 8. The zero-order valence-corrected chi connectivity index (χ0v) is 35.5. The second kappa shape index (κ2) is 57.3. The molecule has 0 radical (unpaired) electrons. The van der Waals surface area contributed by atoms with Crippen LogP contribution in [0.4, 0.5) is 0 Å². The van der Waals surface area contributed by atoms with E-state index in [1.807, 2.05) is 0 Å². The maximum atomic E-state index is 10.0. The van der Waals surface area contributed by atoms with E-state index in [0.717, 1.165) is 51.4 Å². The standard InChI is InChI=1S/4C10H20O2.B.Na/c4*1-2-3-4-5-6-7-8-9-10(11)12;;/h4*2-9H2,1H3,(H,11,12);;/q;;;;+3;+1/p-4. The van der Waals surface area contributed by atoms with Crippen LogP contribution < -0.4 is 50.0 Å². The number of carboxylic acids is 4. The monoisotopic (exact) mass is 719 g/mol. The van der Waals surface area contributed by atoms with E-state index in [1.165, 1.54) is 128 Å². The zero-order valence-electron chi connectivity index (χ0n) is 33.5. The third-order valence-corrected chi connectivity index (χ3v) is 7.94. The Balaban J connectivity index is -0.000000127. The number of aliphatic carboxylic acids is 4. The van der Waals surface area contributed by atoms with Crippen LogP contribution in [0.25, 0.3) is 0 Å². The Morgan fingerprint density at radius 2 is 0.400 bits per heavy atom. The van der Waals surface area contributed by atoms with E-state index in [4.69, 9.17) is 0 Å². The van der Waals surface area contributed by atoms with Crippen LogP contribution in [0, 0.1) is 0 Å². The molecule has 0 aliphatic carbocycles. The summed E-state index contributed by atoms with van der Waals surface area (Å²) in [4.78, 5) is 40.1. The smallest absolute Gasteiger partial charge is 0.550 e. The molecule has 10 heteroatoms. The van der Waals surface area contributed by atoms with Crippen LogP contribution in [0.2, 0.25) is 0 Å². The van der Waals surface area contributed by atoms with Gasteiger partial charge in [-0.05, 0) is 51.4 Å². The molecule has 50 heavy (non-hydrogen) atoms. The van der Waals surface area contributed by atoms with Crippen molar-refractivity contribution in [3.63, 3.8) is 0 Å². The Kier molecular flexibility index (Phi) is 69.9. The second-order valence-corrected chi connectivity index (χ2v) is 13.0. The number of rotatable bonds is 32. The number of carboxylic acid groups (broad SMARTS) is 4. The fraction of sp³-hybridized carbons (Fsp3) is 0.900. The SMILES string of the molecule is CCCCCCCCCC(=O)[O-].CCCCCCCCCC(=O)[O-].CCCCCCCCCC(=O)[O-].CCCCCCCCCC(=O)[O-].[B+3].[Na+]. The largest absolute Gasteiger partial charge is 3.00 e. The van der Waals surface area contributed by atoms with Crippen molar-refractivity contribution in [3.05, 3.63) is 0 Å². The summed E-state index contributed by atoms with van der Waals surface area (Å²) in [6, 6.07) is 0. The zero-order chi connectivity index (χ0) is 36.9. The van der Waals surface area contributed by atoms with Gasteiger partial charge in [-0.2, -0.15) is 0 Å². The second-order valence-electron chi connectivity index (χ2n) is 13.0. The van der Waals surface area contributed by atoms with Crippen LogP contribution >= 0.6 is 0 Å². The van der Waals surface area contributed by atoms with E-state index in [1.54, 1.807) is 0 Å². The Bertz CT molecular complexity index is 568. The van der Waals surface area contributed by atoms with Crippen LogP contribution in [-0.2, 0) is 19.2 Å². The molecule has 0 heterocycles. The van der Waals surface area contributed by atoms with Gasteiger partial charge < -0.3 is 39.6 Å². The molecule has 0 saturated carbocycles. The maximum absolute atomic E-state index is 10.0. The maximum Gasteiger partial charge on any atom is 3.00 e. The summed E-state index contributed by atoms with van der Waals surface area (Å²) < 4.78 is 0. The van der Waals surface area contributed by atoms with Crippen molar-refractivity contribution in [2.24, 2.45) is 0 Å². The van der Waals surface area contributed by atoms with Gasteiger partial charge in [0.05, 0.1) is 0 Å². The predicted octanol–water partition coefficient (Wildman–Crippen LogP) is 4.13. The van der Waals surface area contributed by atoms with Crippen LogP contribution in [0.1, 0.15) is 233 Å². The molecule has 0 aromatic carbocycles. The van der Waals surface area contributed by atoms with Crippen molar-refractivity contribution < 1.29 is 69.2 Å². The van der Waals surface area contributed by atoms with Gasteiger partial charge in [0, 0.05) is 23.9 Å². The van der Waals surface area contributed by atoms with Crippen molar-refractivity contribution in [2.75, 3.05) is 0 Å². The van der Waals surface area contributed by atoms with Crippen molar-refractivity contribution in [1.29, 1.82) is 0 Å². The fourth-order valence-electron chi connectivity index (χ4n) is 4.91. The van der Waals surface area contributed by atoms with Crippen molar-refractivity contribution >= 4 is 32.3 Å². The number of unbranched alkanes of at least 4 members (excludes halogenated alkanes) is 24. The van der Waals surface area contributed by atoms with Crippen molar-refractivity contribution in [1.82, 2.24) is 0 Å². The van der Waals surface area contributed by atoms with Gasteiger partial charge in [0.25, 0.3) is 0 Å². The summed E-state index contributed by atoms with van der Waals surface area (Å²) in [5.74, 6) is -3.65. The molecule has 0 aromatic heterocycles. The van der Waals surface area contributed by atoms with Crippen LogP contribution in [-0.4, -0.2) is 32.3 Å². The summed E-state index contributed by atoms with van der Waals surface area (Å²) in [6.07, 6.45) is 33.4. The Labute approximate surface area is 333 Å². The van der Waals surface area contributed by atoms with E-state index in [2.05, 4.69) is 27.7 Å². The van der Waals surface area contributed by atoms with Gasteiger partial charge in [-0.15, -0.1) is 0 Å². The molecule has 0 unspecified atom stereocenters. The van der Waals surface area contributed by atoms with Crippen molar-refractivity contribution in [3.8, 4) is 0 Å². The molecule has 0 aliphatic heterocycles. The quantitative estimate of drug-likeness (QED) is 0.0742. The van der Waals surface area contributed by atoms with Gasteiger partial charge in [-0.25, -0.2) is 0 Å². The van der Waals surface area contributed by atoms with E-state index in [9.17, 15) is 39.6 Å². The molecule has 288 valence electrons. The summed E-state index contributed by atoms with van der Waals surface area (Å²) in [7, 11) is 0. The summed E-state index contributed by atoms with van der Waals surface area (Å²) in [6.45, 7) is 8.76. The number of carbonyl (C=O) groups is 4. The van der Waals surface area contributed by atoms with E-state index >= 15 is 0 Å². The van der Waals surface area contributed by atoms with E-state index < -0.39 is 23.9 Å². The van der Waals surface area contributed by atoms with Gasteiger partial charge in [0.2, 0.25) is 0 Å². The first kappa shape index (κ1) is 61.0. The van der Waals surface area contributed by atoms with Crippen LogP contribution in [0.5, 0.6) is 0 Å². The van der Waals surface area contributed by atoms with E-state index in [0.29, 0.717) is 0 Å². The van der Waals surface area contributed by atoms with Gasteiger partial charge >= 0.3 is 38.0 Å². The average Bonchev–Trinajstić information content (AvgIpc) is 3.03. The van der Waals surface area contributed by atoms with Gasteiger partial charge in [-0.1, -0.05) is 182 Å². The molecule has 0 N–H and O–H groups in total. The third-order valence-electron chi connectivity index (χ3n) is 7.94. The molecule has 0 atom stereocenters. The molecule has 0 aliphatic rings. The first-order chi connectivity index (χ1) is 23.1. The minimum atomic E-state index is -0.913. The van der Waals surface area contributed by atoms with Crippen LogP contribution in [0.3, 0.4) is 0 Å². The predicted molar refractivity (Wildman–Crippen MR) is 196 cm³/mol. The van der Waals surface area contributed by atoms with Crippen molar-refractivity contribution in [2.45, 2.75) is 233 Å². The number of hydrogen-bond donors (Lipinski definition) is 0.